The number of carbonyl (C=O) groups excluding carboxylic acids is 2. The molecule has 4 rings (SSSR count). The molecule has 1 saturated heterocycles. The number of sulfonamides is 1. The van der Waals surface area contributed by atoms with Crippen molar-refractivity contribution in [1.29, 1.82) is 0 Å². The molecule has 1 atom stereocenters. The third kappa shape index (κ3) is 4.17. The summed E-state index contributed by atoms with van der Waals surface area (Å²) in [4.78, 5) is 25.0. The summed E-state index contributed by atoms with van der Waals surface area (Å²) in [5.74, 6) is 0.0941. The molecular formula is C21H25N3O7S. The number of hydrogen-bond acceptors (Lipinski definition) is 7. The highest BCUT2D eigenvalue weighted by Crippen LogP contribution is 2.33. The maximum Gasteiger partial charge on any atom is 0.354 e. The standard InChI is InChI=1S/C21H25N3O7S/c1-3-29-21(26)17-12-15(13-23(17)2)32(27,28)24-8-4-5-16(24)20(25)22-14-6-7-18-19(11-14)31-10-9-30-18/h6-7,11-13,16H,3-5,8-10H2,1-2H3,(H,22,25)/t16-/m0/s1. The minimum Gasteiger partial charge on any atom is -0.486 e. The predicted molar refractivity (Wildman–Crippen MR) is 114 cm³/mol. The molecule has 0 bridgehead atoms. The van der Waals surface area contributed by atoms with Crippen LogP contribution in [0.3, 0.4) is 0 Å². The van der Waals surface area contributed by atoms with Gasteiger partial charge in [-0.2, -0.15) is 4.31 Å². The number of carbonyl (C=O) groups is 2. The number of anilines is 1. The van der Waals surface area contributed by atoms with Crippen LogP contribution >= 0.6 is 0 Å². The monoisotopic (exact) mass is 463 g/mol. The maximum atomic E-state index is 13.3. The highest BCUT2D eigenvalue weighted by atomic mass is 32.2. The van der Waals surface area contributed by atoms with E-state index in [0.29, 0.717) is 43.2 Å². The van der Waals surface area contributed by atoms with Crippen LogP contribution in [0.2, 0.25) is 0 Å². The molecule has 1 aromatic heterocycles. The van der Waals surface area contributed by atoms with Crippen molar-refractivity contribution in [3.8, 4) is 11.5 Å². The van der Waals surface area contributed by atoms with Gasteiger partial charge < -0.3 is 24.1 Å². The molecule has 0 spiro atoms. The Labute approximate surface area is 186 Å². The fourth-order valence-corrected chi connectivity index (χ4v) is 5.58. The molecule has 0 saturated carbocycles. The molecule has 10 nitrogen and oxygen atoms in total. The van der Waals surface area contributed by atoms with Gasteiger partial charge in [0.15, 0.2) is 11.5 Å². The summed E-state index contributed by atoms with van der Waals surface area (Å²) in [6.07, 6.45) is 2.30. The Morgan fingerprint density at radius 1 is 1.19 bits per heavy atom. The normalized spacial score (nSPS) is 18.4. The Kier molecular flexibility index (Phi) is 6.11. The smallest absolute Gasteiger partial charge is 0.354 e. The third-order valence-corrected chi connectivity index (χ3v) is 7.26. The quantitative estimate of drug-likeness (QED) is 0.649. The van der Waals surface area contributed by atoms with Crippen molar-refractivity contribution in [2.75, 3.05) is 31.7 Å². The number of benzene rings is 1. The molecular weight excluding hydrogens is 438 g/mol. The van der Waals surface area contributed by atoms with Crippen LogP contribution in [0.15, 0.2) is 35.4 Å². The summed E-state index contributed by atoms with van der Waals surface area (Å²) < 4.78 is 45.1. The molecule has 2 aliphatic heterocycles. The average Bonchev–Trinajstić information content (AvgIpc) is 3.42. The molecule has 0 aliphatic carbocycles. The van der Waals surface area contributed by atoms with Crippen molar-refractivity contribution in [3.05, 3.63) is 36.2 Å². The molecule has 32 heavy (non-hydrogen) atoms. The number of aryl methyl sites for hydroxylation is 1. The molecule has 2 aliphatic rings. The van der Waals surface area contributed by atoms with E-state index in [2.05, 4.69) is 5.32 Å². The molecule has 0 radical (unpaired) electrons. The molecule has 1 amide bonds. The minimum absolute atomic E-state index is 0.0536. The van der Waals surface area contributed by atoms with Crippen molar-refractivity contribution in [3.63, 3.8) is 0 Å². The van der Waals surface area contributed by atoms with Crippen molar-refractivity contribution in [2.24, 2.45) is 7.05 Å². The SMILES string of the molecule is CCOC(=O)c1cc(S(=O)(=O)N2CCC[C@H]2C(=O)Nc2ccc3c(c2)OCCO3)cn1C. The summed E-state index contributed by atoms with van der Waals surface area (Å²) in [7, 11) is -2.42. The van der Waals surface area contributed by atoms with E-state index < -0.39 is 27.9 Å². The van der Waals surface area contributed by atoms with Gasteiger partial charge in [-0.15, -0.1) is 0 Å². The topological polar surface area (TPSA) is 116 Å². The van der Waals surface area contributed by atoms with Crippen molar-refractivity contribution in [2.45, 2.75) is 30.7 Å². The van der Waals surface area contributed by atoms with Gasteiger partial charge in [-0.1, -0.05) is 0 Å². The number of amides is 1. The Morgan fingerprint density at radius 3 is 2.69 bits per heavy atom. The van der Waals surface area contributed by atoms with Crippen LogP contribution in [0.4, 0.5) is 5.69 Å². The summed E-state index contributed by atoms with van der Waals surface area (Å²) in [5.41, 5.74) is 0.620. The molecule has 0 unspecified atom stereocenters. The fraction of sp³-hybridized carbons (Fsp3) is 0.429. The van der Waals surface area contributed by atoms with Gasteiger partial charge in [0.2, 0.25) is 15.9 Å². The number of nitrogens with one attached hydrogen (secondary N) is 1. The van der Waals surface area contributed by atoms with Gasteiger partial charge in [0, 0.05) is 31.5 Å². The van der Waals surface area contributed by atoms with Crippen molar-refractivity contribution in [1.82, 2.24) is 8.87 Å². The van der Waals surface area contributed by atoms with E-state index in [9.17, 15) is 18.0 Å². The van der Waals surface area contributed by atoms with E-state index in [1.54, 1.807) is 32.2 Å². The lowest BCUT2D eigenvalue weighted by Gasteiger charge is -2.23. The van der Waals surface area contributed by atoms with Crippen LogP contribution in [0.1, 0.15) is 30.3 Å². The van der Waals surface area contributed by atoms with E-state index in [0.717, 1.165) is 0 Å². The van der Waals surface area contributed by atoms with Crippen molar-refractivity contribution >= 4 is 27.6 Å². The lowest BCUT2D eigenvalue weighted by atomic mass is 10.2. The van der Waals surface area contributed by atoms with Crippen LogP contribution < -0.4 is 14.8 Å². The van der Waals surface area contributed by atoms with Gasteiger partial charge in [-0.05, 0) is 38.0 Å². The number of ether oxygens (including phenoxy) is 3. The first-order chi connectivity index (χ1) is 15.3. The van der Waals surface area contributed by atoms with Crippen LogP contribution in [0.5, 0.6) is 11.5 Å². The summed E-state index contributed by atoms with van der Waals surface area (Å²) >= 11 is 0. The van der Waals surface area contributed by atoms with Gasteiger partial charge in [0.1, 0.15) is 29.8 Å². The van der Waals surface area contributed by atoms with Crippen LogP contribution in [0.25, 0.3) is 0 Å². The van der Waals surface area contributed by atoms with Crippen LogP contribution in [-0.2, 0) is 26.6 Å². The largest absolute Gasteiger partial charge is 0.486 e. The Balaban J connectivity index is 1.53. The molecule has 11 heteroatoms. The van der Waals surface area contributed by atoms with E-state index in [4.69, 9.17) is 14.2 Å². The van der Waals surface area contributed by atoms with Crippen LogP contribution in [-0.4, -0.2) is 61.6 Å². The maximum absolute atomic E-state index is 13.3. The molecule has 3 heterocycles. The second kappa shape index (κ2) is 8.83. The molecule has 172 valence electrons. The number of fused-ring (bicyclic) bond motifs is 1. The first-order valence-corrected chi connectivity index (χ1v) is 11.8. The van der Waals surface area contributed by atoms with E-state index in [1.165, 1.54) is 21.1 Å². The minimum atomic E-state index is -3.99. The zero-order valence-electron chi connectivity index (χ0n) is 17.9. The molecule has 1 fully saturated rings. The highest BCUT2D eigenvalue weighted by Gasteiger charge is 2.40. The summed E-state index contributed by atoms with van der Waals surface area (Å²) in [6, 6.07) is 5.46. The first-order valence-electron chi connectivity index (χ1n) is 10.4. The molecule has 1 aromatic carbocycles. The second-order valence-corrected chi connectivity index (χ2v) is 9.40. The Hall–Kier alpha value is -3.05. The first kappa shape index (κ1) is 22.2. The summed E-state index contributed by atoms with van der Waals surface area (Å²) in [6.45, 7) is 2.95. The number of hydrogen-bond donors (Lipinski definition) is 1. The lowest BCUT2D eigenvalue weighted by molar-refractivity contribution is -0.119. The van der Waals surface area contributed by atoms with Crippen LogP contribution in [0, 0.1) is 0 Å². The van der Waals surface area contributed by atoms with Gasteiger partial charge in [-0.3, -0.25) is 4.79 Å². The second-order valence-electron chi connectivity index (χ2n) is 7.51. The average molecular weight is 464 g/mol. The van der Waals surface area contributed by atoms with Gasteiger partial charge in [0.05, 0.1) is 6.61 Å². The number of nitrogens with zero attached hydrogens (tertiary/aromatic N) is 2. The fourth-order valence-electron chi connectivity index (χ4n) is 3.86. The zero-order valence-corrected chi connectivity index (χ0v) is 18.7. The van der Waals surface area contributed by atoms with E-state index in [-0.39, 0.29) is 23.7 Å². The number of rotatable bonds is 6. The van der Waals surface area contributed by atoms with E-state index in [1.807, 2.05) is 0 Å². The van der Waals surface area contributed by atoms with E-state index >= 15 is 0 Å². The molecule has 2 aromatic rings. The zero-order chi connectivity index (χ0) is 22.9. The van der Waals surface area contributed by atoms with Gasteiger partial charge in [-0.25, -0.2) is 13.2 Å². The van der Waals surface area contributed by atoms with Gasteiger partial charge >= 0.3 is 5.97 Å². The Morgan fingerprint density at radius 2 is 1.94 bits per heavy atom. The van der Waals surface area contributed by atoms with Gasteiger partial charge in [0.25, 0.3) is 0 Å². The lowest BCUT2D eigenvalue weighted by Crippen LogP contribution is -2.43. The predicted octanol–water partition coefficient (Wildman–Crippen LogP) is 1.76. The number of esters is 1. The summed E-state index contributed by atoms with van der Waals surface area (Å²) in [5, 5.41) is 2.78. The molecule has 1 N–H and O–H groups in total. The van der Waals surface area contributed by atoms with Crippen molar-refractivity contribution < 1.29 is 32.2 Å². The highest BCUT2D eigenvalue weighted by molar-refractivity contribution is 7.89. The number of aromatic nitrogens is 1. The Bertz CT molecular complexity index is 1140. The third-order valence-electron chi connectivity index (χ3n) is 5.39.